The van der Waals surface area contributed by atoms with Gasteiger partial charge in [-0.2, -0.15) is 18.3 Å². The van der Waals surface area contributed by atoms with Crippen LogP contribution < -0.4 is 10.2 Å². The van der Waals surface area contributed by atoms with Gasteiger partial charge in [-0.3, -0.25) is 4.79 Å². The number of hydrogen-bond donors (Lipinski definition) is 1. The summed E-state index contributed by atoms with van der Waals surface area (Å²) in [4.78, 5) is 24.6. The van der Waals surface area contributed by atoms with Gasteiger partial charge in [-0.1, -0.05) is 29.3 Å². The number of alkyl halides is 3. The third-order valence-electron chi connectivity index (χ3n) is 7.86. The maximum Gasteiger partial charge on any atom is 0.437 e. The lowest BCUT2D eigenvalue weighted by molar-refractivity contribution is -0.140. The van der Waals surface area contributed by atoms with E-state index in [9.17, 15) is 18.0 Å². The fourth-order valence-corrected chi connectivity index (χ4v) is 6.47. The van der Waals surface area contributed by atoms with Gasteiger partial charge in [-0.15, -0.1) is 0 Å². The van der Waals surface area contributed by atoms with Crippen molar-refractivity contribution in [3.05, 3.63) is 45.7 Å². The molecule has 13 heteroatoms. The third-order valence-corrected chi connectivity index (χ3v) is 8.42. The summed E-state index contributed by atoms with van der Waals surface area (Å²) in [5.41, 5.74) is -0.727. The third kappa shape index (κ3) is 6.01. The zero-order chi connectivity index (χ0) is 28.8. The minimum absolute atomic E-state index is 0.0249. The molecule has 216 valence electrons. The largest absolute Gasteiger partial charge is 0.437 e. The first-order chi connectivity index (χ1) is 18.9. The number of aromatic nitrogens is 4. The number of halogens is 5. The Labute approximate surface area is 240 Å². The Morgan fingerprint density at radius 2 is 1.93 bits per heavy atom. The zero-order valence-corrected chi connectivity index (χ0v) is 24.1. The van der Waals surface area contributed by atoms with Gasteiger partial charge in [0.05, 0.1) is 12.2 Å². The summed E-state index contributed by atoms with van der Waals surface area (Å²) in [6.45, 7) is 9.59. The molecule has 0 spiro atoms. The summed E-state index contributed by atoms with van der Waals surface area (Å²) < 4.78 is 42.9. The Morgan fingerprint density at radius 1 is 1.18 bits per heavy atom. The number of hydrogen-bond acceptors (Lipinski definition) is 6. The smallest absolute Gasteiger partial charge is 0.355 e. The van der Waals surface area contributed by atoms with E-state index >= 15 is 0 Å². The van der Waals surface area contributed by atoms with Crippen LogP contribution in [-0.2, 0) is 11.0 Å². The van der Waals surface area contributed by atoms with Gasteiger partial charge in [0, 0.05) is 49.2 Å². The molecule has 0 unspecified atom stereocenters. The number of carbonyl (C=O) groups is 1. The van der Waals surface area contributed by atoms with Crippen LogP contribution in [0.5, 0.6) is 0 Å². The van der Waals surface area contributed by atoms with Crippen LogP contribution in [0, 0.1) is 11.8 Å². The Kier molecular flexibility index (Phi) is 8.18. The Balaban J connectivity index is 1.34. The molecule has 0 saturated carbocycles. The highest BCUT2D eigenvalue weighted by Crippen LogP contribution is 2.38. The summed E-state index contributed by atoms with van der Waals surface area (Å²) in [6.07, 6.45) is -1.04. The number of carbonyl (C=O) groups excluding carboxylic acids is 1. The highest BCUT2D eigenvalue weighted by atomic mass is 35.5. The van der Waals surface area contributed by atoms with E-state index in [-0.39, 0.29) is 23.1 Å². The lowest BCUT2D eigenvalue weighted by Crippen LogP contribution is -2.54. The van der Waals surface area contributed by atoms with Crippen LogP contribution in [0.2, 0.25) is 10.0 Å². The van der Waals surface area contributed by atoms with E-state index in [1.807, 2.05) is 6.92 Å². The van der Waals surface area contributed by atoms with E-state index in [0.29, 0.717) is 33.3 Å². The summed E-state index contributed by atoms with van der Waals surface area (Å²) in [6, 6.07) is 4.32. The molecule has 2 aliphatic rings. The molecule has 2 aliphatic heterocycles. The normalized spacial score (nSPS) is 20.4. The average Bonchev–Trinajstić information content (AvgIpc) is 3.22. The van der Waals surface area contributed by atoms with Gasteiger partial charge in [-0.05, 0) is 62.8 Å². The van der Waals surface area contributed by atoms with Crippen molar-refractivity contribution in [2.45, 2.75) is 51.9 Å². The lowest BCUT2D eigenvalue weighted by Gasteiger charge is -2.47. The van der Waals surface area contributed by atoms with Crippen molar-refractivity contribution in [3.8, 4) is 0 Å². The molecule has 5 rings (SSSR count). The molecule has 2 saturated heterocycles. The summed E-state index contributed by atoms with van der Waals surface area (Å²) in [7, 11) is 0. The zero-order valence-electron chi connectivity index (χ0n) is 22.5. The van der Waals surface area contributed by atoms with E-state index in [2.05, 4.69) is 30.2 Å². The molecule has 0 aliphatic carbocycles. The van der Waals surface area contributed by atoms with Crippen LogP contribution in [0.4, 0.5) is 19.0 Å². The number of nitrogens with one attached hydrogen (secondary N) is 1. The van der Waals surface area contributed by atoms with E-state index in [4.69, 9.17) is 23.2 Å². The van der Waals surface area contributed by atoms with Crippen molar-refractivity contribution < 1.29 is 18.0 Å². The SMILES string of the molecule is CC(=O)N[C@@H](C)CN1CCC[C@H](C2CN(c3cnc4c(C(F)(F)F)nn([C@H](C)c5ccc(Cl)cc5Cl)c4n3)C2)C1. The topological polar surface area (TPSA) is 79.2 Å². The van der Waals surface area contributed by atoms with Crippen LogP contribution in [0.3, 0.4) is 0 Å². The van der Waals surface area contributed by atoms with Crippen molar-refractivity contribution >= 4 is 46.1 Å². The number of anilines is 1. The average molecular weight is 599 g/mol. The molecule has 3 atom stereocenters. The predicted molar refractivity (Wildman–Crippen MR) is 149 cm³/mol. The monoisotopic (exact) mass is 597 g/mol. The van der Waals surface area contributed by atoms with Gasteiger partial charge in [-0.25, -0.2) is 14.6 Å². The van der Waals surface area contributed by atoms with E-state index in [1.165, 1.54) is 17.8 Å². The number of fused-ring (bicyclic) bond motifs is 1. The Bertz CT molecular complexity index is 1390. The first kappa shape index (κ1) is 28.9. The fourth-order valence-electron chi connectivity index (χ4n) is 5.90. The number of likely N-dealkylation sites (tertiary alicyclic amines) is 1. The number of nitrogens with zero attached hydrogens (tertiary/aromatic N) is 6. The molecule has 8 nitrogen and oxygen atoms in total. The van der Waals surface area contributed by atoms with Gasteiger partial charge in [0.1, 0.15) is 11.3 Å². The second-order valence-corrected chi connectivity index (χ2v) is 11.8. The van der Waals surface area contributed by atoms with Crippen LogP contribution >= 0.6 is 23.2 Å². The number of amides is 1. The van der Waals surface area contributed by atoms with Gasteiger partial charge in [0.25, 0.3) is 0 Å². The highest BCUT2D eigenvalue weighted by molar-refractivity contribution is 6.35. The molecule has 40 heavy (non-hydrogen) atoms. The molecule has 1 amide bonds. The van der Waals surface area contributed by atoms with Gasteiger partial charge < -0.3 is 15.1 Å². The van der Waals surface area contributed by atoms with E-state index in [1.54, 1.807) is 25.1 Å². The number of piperidine rings is 1. The second-order valence-electron chi connectivity index (χ2n) is 11.0. The standard InChI is InChI=1S/C27H32Cl2F3N7O/c1-15(34-17(3)40)11-37-8-4-5-18(12-37)19-13-38(14-19)23-10-33-24-25(27(30,31)32)36-39(26(24)35-23)16(2)21-7-6-20(28)9-22(21)29/h6-7,9-10,15-16,18-19H,4-5,8,11-14H2,1-3H3,(H,34,40)/t15-,16+,18-/m0/s1. The molecule has 3 aromatic rings. The van der Waals surface area contributed by atoms with Crippen molar-refractivity contribution in [2.75, 3.05) is 37.6 Å². The van der Waals surface area contributed by atoms with E-state index in [0.717, 1.165) is 45.6 Å². The first-order valence-electron chi connectivity index (χ1n) is 13.4. The van der Waals surface area contributed by atoms with Crippen molar-refractivity contribution in [2.24, 2.45) is 11.8 Å². The highest BCUT2D eigenvalue weighted by Gasteiger charge is 2.40. The van der Waals surface area contributed by atoms with Crippen LogP contribution in [0.25, 0.3) is 11.2 Å². The molecule has 2 fully saturated rings. The maximum absolute atomic E-state index is 13.9. The minimum Gasteiger partial charge on any atom is -0.355 e. The first-order valence-corrected chi connectivity index (χ1v) is 14.2. The summed E-state index contributed by atoms with van der Waals surface area (Å²) in [5, 5.41) is 7.62. The lowest BCUT2D eigenvalue weighted by atomic mass is 9.80. The molecule has 0 bridgehead atoms. The Hall–Kier alpha value is -2.63. The maximum atomic E-state index is 13.9. The number of benzene rings is 1. The minimum atomic E-state index is -4.69. The van der Waals surface area contributed by atoms with Crippen molar-refractivity contribution in [3.63, 3.8) is 0 Å². The molecular weight excluding hydrogens is 566 g/mol. The molecule has 2 aromatic heterocycles. The van der Waals surface area contributed by atoms with Gasteiger partial charge in [0.2, 0.25) is 5.91 Å². The number of rotatable bonds is 7. The molecule has 4 heterocycles. The summed E-state index contributed by atoms with van der Waals surface area (Å²) >= 11 is 12.4. The van der Waals surface area contributed by atoms with Gasteiger partial charge >= 0.3 is 6.18 Å². The Morgan fingerprint density at radius 3 is 2.60 bits per heavy atom. The van der Waals surface area contributed by atoms with Gasteiger partial charge in [0.15, 0.2) is 11.3 Å². The molecular formula is C27H32Cl2F3N7O. The van der Waals surface area contributed by atoms with Crippen molar-refractivity contribution in [1.29, 1.82) is 0 Å². The predicted octanol–water partition coefficient (Wildman–Crippen LogP) is 5.43. The van der Waals surface area contributed by atoms with E-state index < -0.39 is 17.9 Å². The quantitative estimate of drug-likeness (QED) is 0.391. The molecule has 1 N–H and O–H groups in total. The fraction of sp³-hybridized carbons (Fsp3) is 0.556. The summed E-state index contributed by atoms with van der Waals surface area (Å²) in [5.74, 6) is 1.47. The van der Waals surface area contributed by atoms with Crippen LogP contribution in [-0.4, -0.2) is 69.3 Å². The van der Waals surface area contributed by atoms with Crippen LogP contribution in [0.1, 0.15) is 50.9 Å². The van der Waals surface area contributed by atoms with Crippen molar-refractivity contribution in [1.82, 2.24) is 30.0 Å². The van der Waals surface area contributed by atoms with Crippen LogP contribution in [0.15, 0.2) is 24.4 Å². The second kappa shape index (κ2) is 11.3. The molecule has 0 radical (unpaired) electrons. The molecule has 1 aromatic carbocycles.